The molecule has 1 aliphatic heterocycles. The van der Waals surface area contributed by atoms with Gasteiger partial charge in [0.2, 0.25) is 28.6 Å². The molecule has 0 bridgehead atoms. The van der Waals surface area contributed by atoms with Gasteiger partial charge in [0.05, 0.1) is 11.9 Å². The molecule has 0 saturated carbocycles. The van der Waals surface area contributed by atoms with Crippen molar-refractivity contribution in [1.29, 1.82) is 0 Å². The van der Waals surface area contributed by atoms with Crippen LogP contribution >= 0.6 is 0 Å². The number of anilines is 1. The highest BCUT2D eigenvalue weighted by Crippen LogP contribution is 2.36. The van der Waals surface area contributed by atoms with Gasteiger partial charge in [-0.3, -0.25) is 13.9 Å². The second-order valence-electron chi connectivity index (χ2n) is 8.22. The average molecular weight is 490 g/mol. The summed E-state index contributed by atoms with van der Waals surface area (Å²) >= 11 is 0. The van der Waals surface area contributed by atoms with Crippen LogP contribution < -0.4 is 19.1 Å². The van der Waals surface area contributed by atoms with Crippen LogP contribution in [-0.4, -0.2) is 57.3 Å². The van der Waals surface area contributed by atoms with Gasteiger partial charge in [0.1, 0.15) is 12.6 Å². The molecule has 0 saturated heterocycles. The molecule has 1 heterocycles. The van der Waals surface area contributed by atoms with E-state index in [-0.39, 0.29) is 24.9 Å². The van der Waals surface area contributed by atoms with Gasteiger partial charge in [-0.1, -0.05) is 31.2 Å². The van der Waals surface area contributed by atoms with Crippen molar-refractivity contribution in [2.75, 3.05) is 30.4 Å². The first-order valence-corrected chi connectivity index (χ1v) is 13.0. The van der Waals surface area contributed by atoms with Crippen molar-refractivity contribution >= 4 is 27.5 Å². The number of nitrogens with zero attached hydrogens (tertiary/aromatic N) is 2. The normalized spacial score (nSPS) is 13.3. The highest BCUT2D eigenvalue weighted by molar-refractivity contribution is 7.92. The van der Waals surface area contributed by atoms with Gasteiger partial charge >= 0.3 is 0 Å². The number of aryl methyl sites for hydroxylation is 1. The first-order valence-electron chi connectivity index (χ1n) is 11.1. The third kappa shape index (κ3) is 5.99. The van der Waals surface area contributed by atoms with Crippen LogP contribution in [-0.2, 0) is 26.2 Å². The zero-order chi connectivity index (χ0) is 24.9. The third-order valence-electron chi connectivity index (χ3n) is 5.64. The molecule has 2 aromatic rings. The van der Waals surface area contributed by atoms with Gasteiger partial charge < -0.3 is 19.7 Å². The molecule has 0 spiro atoms. The fraction of sp³-hybridized carbons (Fsp3) is 0.417. The van der Waals surface area contributed by atoms with Crippen LogP contribution in [0.4, 0.5) is 5.69 Å². The van der Waals surface area contributed by atoms with Crippen molar-refractivity contribution in [3.63, 3.8) is 0 Å². The molecule has 1 atom stereocenters. The van der Waals surface area contributed by atoms with Crippen molar-refractivity contribution in [2.45, 2.75) is 39.8 Å². The standard InChI is InChI=1S/C24H31N3O6S/c1-5-12-25-24(29)18(3)26(14-19-9-7-6-8-17(19)2)23(28)15-27(34(4,30)31)20-10-11-21-22(13-20)33-16-32-21/h6-11,13,18H,5,12,14-16H2,1-4H3,(H,25,29). The first-order chi connectivity index (χ1) is 16.1. The molecule has 1 unspecified atom stereocenters. The lowest BCUT2D eigenvalue weighted by atomic mass is 10.1. The summed E-state index contributed by atoms with van der Waals surface area (Å²) in [6.07, 6.45) is 1.80. The van der Waals surface area contributed by atoms with E-state index in [1.807, 2.05) is 38.1 Å². The molecule has 0 aromatic heterocycles. The number of sulfonamides is 1. The summed E-state index contributed by atoms with van der Waals surface area (Å²) < 4.78 is 37.0. The number of carbonyl (C=O) groups is 2. The molecule has 0 radical (unpaired) electrons. The number of benzene rings is 2. The molecule has 0 aliphatic carbocycles. The fourth-order valence-corrected chi connectivity index (χ4v) is 4.45. The van der Waals surface area contributed by atoms with E-state index in [4.69, 9.17) is 9.47 Å². The van der Waals surface area contributed by atoms with Gasteiger partial charge in [-0.15, -0.1) is 0 Å². The van der Waals surface area contributed by atoms with E-state index in [0.29, 0.717) is 18.0 Å². The topological polar surface area (TPSA) is 105 Å². The van der Waals surface area contributed by atoms with Gasteiger partial charge in [-0.25, -0.2) is 8.42 Å². The fourth-order valence-electron chi connectivity index (χ4n) is 3.60. The number of ether oxygens (including phenoxy) is 2. The number of hydrogen-bond acceptors (Lipinski definition) is 6. The highest BCUT2D eigenvalue weighted by Gasteiger charge is 2.31. The summed E-state index contributed by atoms with van der Waals surface area (Å²) in [5.41, 5.74) is 2.12. The number of rotatable bonds is 10. The maximum Gasteiger partial charge on any atom is 0.244 e. The Morgan fingerprint density at radius 2 is 1.82 bits per heavy atom. The number of fused-ring (bicyclic) bond motifs is 1. The largest absolute Gasteiger partial charge is 0.454 e. The molecule has 10 heteroatoms. The summed E-state index contributed by atoms with van der Waals surface area (Å²) in [7, 11) is -3.82. The molecular weight excluding hydrogens is 458 g/mol. The minimum Gasteiger partial charge on any atom is -0.454 e. The maximum atomic E-state index is 13.5. The second kappa shape index (κ2) is 10.8. The molecule has 9 nitrogen and oxygen atoms in total. The molecule has 1 N–H and O–H groups in total. The second-order valence-corrected chi connectivity index (χ2v) is 10.1. The molecular formula is C24H31N3O6S. The van der Waals surface area contributed by atoms with Crippen LogP contribution in [0.3, 0.4) is 0 Å². The SMILES string of the molecule is CCCNC(=O)C(C)N(Cc1ccccc1C)C(=O)CN(c1ccc2c(c1)OCO2)S(C)(=O)=O. The molecule has 1 aliphatic rings. The van der Waals surface area contributed by atoms with Crippen LogP contribution in [0.1, 0.15) is 31.4 Å². The number of hydrogen-bond donors (Lipinski definition) is 1. The summed E-state index contributed by atoms with van der Waals surface area (Å²) in [6, 6.07) is 11.5. The number of nitrogens with one attached hydrogen (secondary N) is 1. The van der Waals surface area contributed by atoms with E-state index in [1.54, 1.807) is 19.1 Å². The Balaban J connectivity index is 1.91. The molecule has 3 rings (SSSR count). The van der Waals surface area contributed by atoms with Gasteiger partial charge in [0.15, 0.2) is 11.5 Å². The van der Waals surface area contributed by atoms with E-state index < -0.39 is 28.5 Å². The molecule has 2 amide bonds. The lowest BCUT2D eigenvalue weighted by Gasteiger charge is -2.31. The Bertz CT molecular complexity index is 1150. The van der Waals surface area contributed by atoms with E-state index in [1.165, 1.54) is 11.0 Å². The summed E-state index contributed by atoms with van der Waals surface area (Å²) in [6.45, 7) is 5.76. The van der Waals surface area contributed by atoms with E-state index in [0.717, 1.165) is 28.1 Å². The Morgan fingerprint density at radius 1 is 1.12 bits per heavy atom. The van der Waals surface area contributed by atoms with Gasteiger partial charge in [-0.2, -0.15) is 0 Å². The smallest absolute Gasteiger partial charge is 0.244 e. The zero-order valence-electron chi connectivity index (χ0n) is 19.9. The minimum atomic E-state index is -3.82. The van der Waals surface area contributed by atoms with Gasteiger partial charge in [-0.05, 0) is 43.5 Å². The molecule has 184 valence electrons. The zero-order valence-corrected chi connectivity index (χ0v) is 20.7. The summed E-state index contributed by atoms with van der Waals surface area (Å²) in [5.74, 6) is 0.122. The van der Waals surface area contributed by atoms with Crippen molar-refractivity contribution in [3.8, 4) is 11.5 Å². The summed E-state index contributed by atoms with van der Waals surface area (Å²) in [5, 5.41) is 2.82. The first kappa shape index (κ1) is 25.4. The Labute approximate surface area is 200 Å². The lowest BCUT2D eigenvalue weighted by molar-refractivity contribution is -0.139. The molecule has 0 fully saturated rings. The Hall–Kier alpha value is -3.27. The highest BCUT2D eigenvalue weighted by atomic mass is 32.2. The van der Waals surface area contributed by atoms with Crippen LogP contribution in [0.25, 0.3) is 0 Å². The quantitative estimate of drug-likeness (QED) is 0.550. The van der Waals surface area contributed by atoms with Crippen LogP contribution in [0, 0.1) is 6.92 Å². The van der Waals surface area contributed by atoms with Crippen molar-refractivity contribution in [3.05, 3.63) is 53.6 Å². The van der Waals surface area contributed by atoms with Crippen LogP contribution in [0.15, 0.2) is 42.5 Å². The van der Waals surface area contributed by atoms with Crippen molar-refractivity contribution in [1.82, 2.24) is 10.2 Å². The van der Waals surface area contributed by atoms with Crippen molar-refractivity contribution in [2.24, 2.45) is 0 Å². The lowest BCUT2D eigenvalue weighted by Crippen LogP contribution is -2.51. The number of carbonyl (C=O) groups excluding carboxylic acids is 2. The third-order valence-corrected chi connectivity index (χ3v) is 6.78. The molecule has 2 aromatic carbocycles. The Morgan fingerprint density at radius 3 is 2.50 bits per heavy atom. The van der Waals surface area contributed by atoms with Crippen LogP contribution in [0.5, 0.6) is 11.5 Å². The van der Waals surface area contributed by atoms with E-state index in [2.05, 4.69) is 5.32 Å². The Kier molecular flexibility index (Phi) is 8.03. The van der Waals surface area contributed by atoms with E-state index >= 15 is 0 Å². The van der Waals surface area contributed by atoms with E-state index in [9.17, 15) is 18.0 Å². The maximum absolute atomic E-state index is 13.5. The average Bonchev–Trinajstić information content (AvgIpc) is 3.27. The van der Waals surface area contributed by atoms with Gasteiger partial charge in [0, 0.05) is 19.2 Å². The predicted molar refractivity (Wildman–Crippen MR) is 129 cm³/mol. The minimum absolute atomic E-state index is 0.0468. The summed E-state index contributed by atoms with van der Waals surface area (Å²) in [4.78, 5) is 27.7. The van der Waals surface area contributed by atoms with Crippen LogP contribution in [0.2, 0.25) is 0 Å². The number of amides is 2. The van der Waals surface area contributed by atoms with Gasteiger partial charge in [0.25, 0.3) is 0 Å². The molecule has 34 heavy (non-hydrogen) atoms. The monoisotopic (exact) mass is 489 g/mol. The predicted octanol–water partition coefficient (Wildman–Crippen LogP) is 2.43. The van der Waals surface area contributed by atoms with Crippen molar-refractivity contribution < 1.29 is 27.5 Å².